The van der Waals surface area contributed by atoms with Gasteiger partial charge in [0.1, 0.15) is 5.84 Å². The number of pyridine rings is 1. The number of hydrogen-bond acceptors (Lipinski definition) is 7. The zero-order valence-corrected chi connectivity index (χ0v) is 26.3. The largest absolute Gasteiger partial charge is 0.386 e. The smallest absolute Gasteiger partial charge is 0.124 e. The number of nitrogens with one attached hydrogen (secondary N) is 1. The van der Waals surface area contributed by atoms with E-state index < -0.39 is 6.10 Å². The van der Waals surface area contributed by atoms with Crippen molar-refractivity contribution in [3.05, 3.63) is 101 Å². The number of aromatic nitrogens is 5. The van der Waals surface area contributed by atoms with E-state index in [4.69, 9.17) is 26.8 Å². The molecule has 10 nitrogen and oxygen atoms in total. The third-order valence-corrected chi connectivity index (χ3v) is 8.77. The number of hydrogen-bond donors (Lipinski definition) is 4. The van der Waals surface area contributed by atoms with Crippen LogP contribution in [0.2, 0.25) is 0 Å². The molecule has 0 saturated heterocycles. The first-order chi connectivity index (χ1) is 21.7. The van der Waals surface area contributed by atoms with E-state index in [1.165, 1.54) is 11.1 Å². The van der Waals surface area contributed by atoms with Crippen molar-refractivity contribution in [1.29, 1.82) is 0 Å². The lowest BCUT2D eigenvalue weighted by molar-refractivity contribution is 0.152. The highest BCUT2D eigenvalue weighted by Crippen LogP contribution is 2.37. The van der Waals surface area contributed by atoms with E-state index in [9.17, 15) is 5.11 Å². The Labute approximate surface area is 263 Å². The van der Waals surface area contributed by atoms with Gasteiger partial charge in [-0.2, -0.15) is 15.3 Å². The molecule has 0 spiro atoms. The monoisotopic (exact) mass is 603 g/mol. The Bertz CT molecular complexity index is 1880. The van der Waals surface area contributed by atoms with Crippen molar-refractivity contribution >= 4 is 22.3 Å². The molecule has 0 bridgehead atoms. The molecular formula is C35H41N9O. The predicted molar refractivity (Wildman–Crippen MR) is 179 cm³/mol. The number of amidine groups is 1. The summed E-state index contributed by atoms with van der Waals surface area (Å²) < 4.78 is 3.86. The van der Waals surface area contributed by atoms with Crippen LogP contribution in [0.3, 0.4) is 0 Å². The van der Waals surface area contributed by atoms with Gasteiger partial charge in [0, 0.05) is 34.3 Å². The van der Waals surface area contributed by atoms with Crippen molar-refractivity contribution in [2.75, 3.05) is 0 Å². The second-order valence-corrected chi connectivity index (χ2v) is 12.1. The van der Waals surface area contributed by atoms with Gasteiger partial charge in [0.2, 0.25) is 0 Å². The van der Waals surface area contributed by atoms with Gasteiger partial charge in [0.15, 0.2) is 0 Å². The van der Waals surface area contributed by atoms with Crippen LogP contribution in [0.5, 0.6) is 0 Å². The van der Waals surface area contributed by atoms with Crippen molar-refractivity contribution in [3.63, 3.8) is 0 Å². The maximum Gasteiger partial charge on any atom is 0.124 e. The number of hydrazine groups is 1. The van der Waals surface area contributed by atoms with Gasteiger partial charge in [0.05, 0.1) is 40.9 Å². The molecule has 0 fully saturated rings. The second-order valence-electron chi connectivity index (χ2n) is 12.1. The lowest BCUT2D eigenvalue weighted by atomic mass is 9.87. The van der Waals surface area contributed by atoms with Crippen LogP contribution in [-0.4, -0.2) is 35.5 Å². The maximum atomic E-state index is 10.8. The first-order valence-corrected chi connectivity index (χ1v) is 15.5. The molecule has 1 aliphatic rings. The van der Waals surface area contributed by atoms with Crippen LogP contribution in [0.4, 0.5) is 0 Å². The third-order valence-electron chi connectivity index (χ3n) is 8.77. The fourth-order valence-corrected chi connectivity index (χ4v) is 6.45. The minimum absolute atomic E-state index is 0.176. The lowest BCUT2D eigenvalue weighted by Crippen LogP contribution is -2.29. The minimum Gasteiger partial charge on any atom is -0.386 e. The van der Waals surface area contributed by atoms with Crippen LogP contribution in [0.25, 0.3) is 33.4 Å². The van der Waals surface area contributed by atoms with Crippen molar-refractivity contribution in [1.82, 2.24) is 30.1 Å². The molecule has 2 atom stereocenters. The molecule has 45 heavy (non-hydrogen) atoms. The van der Waals surface area contributed by atoms with Gasteiger partial charge in [-0.1, -0.05) is 62.4 Å². The van der Waals surface area contributed by atoms with Gasteiger partial charge in [-0.3, -0.25) is 9.67 Å². The Balaban J connectivity index is 1.33. The molecule has 2 aromatic carbocycles. The highest BCUT2D eigenvalue weighted by atomic mass is 16.3. The summed E-state index contributed by atoms with van der Waals surface area (Å²) in [6, 6.07) is 20.0. The first-order valence-electron chi connectivity index (χ1n) is 15.5. The summed E-state index contributed by atoms with van der Waals surface area (Å²) in [5.74, 6) is 6.26. The van der Waals surface area contributed by atoms with Gasteiger partial charge >= 0.3 is 0 Å². The molecule has 0 radical (unpaired) electrons. The van der Waals surface area contributed by atoms with Gasteiger partial charge in [0.25, 0.3) is 0 Å². The number of benzene rings is 2. The summed E-state index contributed by atoms with van der Waals surface area (Å²) in [5.41, 5.74) is 18.4. The molecule has 10 heteroatoms. The van der Waals surface area contributed by atoms with Gasteiger partial charge in [-0.05, 0) is 68.4 Å². The first kappa shape index (κ1) is 30.2. The zero-order chi connectivity index (χ0) is 31.7. The number of fused-ring (bicyclic) bond motifs is 1. The van der Waals surface area contributed by atoms with Crippen LogP contribution < -0.4 is 17.1 Å². The number of allylic oxidation sites excluding steroid dienone is 2. The van der Waals surface area contributed by atoms with Crippen molar-refractivity contribution in [2.45, 2.75) is 65.5 Å². The number of aliphatic hydroxyl groups excluding tert-OH is 1. The van der Waals surface area contributed by atoms with E-state index in [0.717, 1.165) is 69.8 Å². The molecule has 3 heterocycles. The van der Waals surface area contributed by atoms with Gasteiger partial charge in [-0.15, -0.1) is 0 Å². The second kappa shape index (κ2) is 12.7. The Hall–Kier alpha value is -4.80. The molecule has 0 saturated carbocycles. The van der Waals surface area contributed by atoms with Crippen LogP contribution >= 0.6 is 0 Å². The summed E-state index contributed by atoms with van der Waals surface area (Å²) in [6.07, 6.45) is 6.16. The van der Waals surface area contributed by atoms with E-state index in [-0.39, 0.29) is 11.8 Å². The van der Waals surface area contributed by atoms with E-state index in [2.05, 4.69) is 55.7 Å². The number of nitrogens with two attached hydrogens (primary N) is 2. The Kier molecular flexibility index (Phi) is 8.51. The molecule has 232 valence electrons. The maximum absolute atomic E-state index is 10.8. The number of aryl methyl sites for hydroxylation is 1. The molecule has 1 aliphatic carbocycles. The van der Waals surface area contributed by atoms with Crippen LogP contribution in [0.1, 0.15) is 73.3 Å². The number of hydrazone groups is 1. The molecule has 0 aliphatic heterocycles. The summed E-state index contributed by atoms with van der Waals surface area (Å²) in [6.45, 7) is 8.94. The highest BCUT2D eigenvalue weighted by Gasteiger charge is 2.24. The Morgan fingerprint density at radius 3 is 2.56 bits per heavy atom. The number of aliphatic hydroxyl groups is 1. The van der Waals surface area contributed by atoms with Gasteiger partial charge in [-0.25, -0.2) is 16.1 Å². The molecule has 3 aromatic heterocycles. The van der Waals surface area contributed by atoms with Gasteiger partial charge < -0.3 is 10.8 Å². The van der Waals surface area contributed by atoms with Crippen molar-refractivity contribution in [3.8, 4) is 16.9 Å². The fourth-order valence-electron chi connectivity index (χ4n) is 6.45. The third kappa shape index (κ3) is 5.99. The molecule has 6 N–H and O–H groups in total. The van der Waals surface area contributed by atoms with Crippen LogP contribution in [-0.2, 0) is 6.54 Å². The highest BCUT2D eigenvalue weighted by molar-refractivity contribution is 5.94. The average Bonchev–Trinajstić information content (AvgIpc) is 3.61. The zero-order valence-electron chi connectivity index (χ0n) is 26.3. The van der Waals surface area contributed by atoms with Crippen molar-refractivity contribution < 1.29 is 5.11 Å². The molecule has 5 aromatic rings. The molecule has 0 amide bonds. The normalized spacial score (nSPS) is 16.3. The summed E-state index contributed by atoms with van der Waals surface area (Å²) in [5, 5.41) is 25.8. The van der Waals surface area contributed by atoms with E-state index in [1.54, 1.807) is 0 Å². The summed E-state index contributed by atoms with van der Waals surface area (Å²) in [4.78, 5) is 5.02. The topological polar surface area (TPSA) is 145 Å². The van der Waals surface area contributed by atoms with E-state index in [0.29, 0.717) is 12.4 Å². The molecule has 2 unspecified atom stereocenters. The van der Waals surface area contributed by atoms with Crippen LogP contribution in [0.15, 0.2) is 78.0 Å². The average molecular weight is 604 g/mol. The Morgan fingerprint density at radius 2 is 1.87 bits per heavy atom. The van der Waals surface area contributed by atoms with Crippen LogP contribution in [0, 0.1) is 19.8 Å². The molecule has 6 rings (SSSR count). The summed E-state index contributed by atoms with van der Waals surface area (Å²) >= 11 is 0. The SMILES string of the molecule is Cc1nc(C2=CCC(/C(N)=N/NN)CC2)ccc1-n1nc(-c2cccc3nn(CC(O)c4ccccc4)cc23)c(C(C)C)c1C. The van der Waals surface area contributed by atoms with E-state index >= 15 is 0 Å². The standard InChI is InChI=1S/C35H41N9O/c1-21(2)33-23(4)44(31-18-17-29(38-22(31)3)24-13-15-26(16-14-24)35(36)39-42-37)41-34(33)27-11-8-12-30-28(27)19-43(40-30)20-32(45)25-9-6-5-7-10-25/h5-13,17-19,21,26,32,42,45H,14-16,20,37H2,1-4H3,(H2,36,39). The Morgan fingerprint density at radius 1 is 1.07 bits per heavy atom. The minimum atomic E-state index is -0.652. The van der Waals surface area contributed by atoms with E-state index in [1.807, 2.05) is 64.9 Å². The van der Waals surface area contributed by atoms with Crippen molar-refractivity contribution in [2.24, 2.45) is 22.6 Å². The molecular weight excluding hydrogens is 562 g/mol. The number of rotatable bonds is 9. The predicted octanol–water partition coefficient (Wildman–Crippen LogP) is 5.68. The lowest BCUT2D eigenvalue weighted by Gasteiger charge is -2.21. The fraction of sp³-hybridized carbons (Fsp3) is 0.314. The number of nitrogens with zero attached hydrogens (tertiary/aromatic N) is 6. The quantitative estimate of drug-likeness (QED) is 0.0734. The summed E-state index contributed by atoms with van der Waals surface area (Å²) in [7, 11) is 0.